The van der Waals surface area contributed by atoms with E-state index in [0.29, 0.717) is 11.3 Å². The Kier molecular flexibility index (Phi) is 2.78. The Morgan fingerprint density at radius 1 is 1.29 bits per heavy atom. The van der Waals surface area contributed by atoms with E-state index in [0.717, 1.165) is 16.3 Å². The third-order valence-electron chi connectivity index (χ3n) is 2.66. The van der Waals surface area contributed by atoms with Crippen molar-refractivity contribution in [1.29, 1.82) is 0 Å². The third-order valence-corrected chi connectivity index (χ3v) is 2.66. The van der Waals surface area contributed by atoms with Crippen molar-refractivity contribution in [3.05, 3.63) is 41.5 Å². The van der Waals surface area contributed by atoms with E-state index < -0.39 is 5.97 Å². The first-order chi connectivity index (χ1) is 8.15. The maximum absolute atomic E-state index is 11.6. The van der Waals surface area contributed by atoms with Crippen molar-refractivity contribution in [2.24, 2.45) is 0 Å². The number of hydrogen-bond acceptors (Lipinski definition) is 4. The van der Waals surface area contributed by atoms with Crippen molar-refractivity contribution in [3.8, 4) is 0 Å². The highest BCUT2D eigenvalue weighted by molar-refractivity contribution is 6.10. The molecule has 0 atom stereocenters. The summed E-state index contributed by atoms with van der Waals surface area (Å²) >= 11 is 0. The maximum atomic E-state index is 11.6. The Hall–Kier alpha value is -2.36. The molecular formula is C13H11NO3. The summed E-state index contributed by atoms with van der Waals surface area (Å²) < 4.78 is 4.37. The summed E-state index contributed by atoms with van der Waals surface area (Å²) in [7, 11) is 0. The molecule has 0 bridgehead atoms. The molecule has 2 aromatic carbocycles. The topological polar surface area (TPSA) is 69.4 Å². The molecule has 0 spiro atoms. The number of esters is 1. The van der Waals surface area contributed by atoms with Gasteiger partial charge in [-0.2, -0.15) is 0 Å². The lowest BCUT2D eigenvalue weighted by Crippen LogP contribution is -2.05. The van der Waals surface area contributed by atoms with E-state index in [1.54, 1.807) is 18.2 Å². The number of carbonyl (C=O) groups is 2. The van der Waals surface area contributed by atoms with Gasteiger partial charge in [0.15, 0.2) is 0 Å². The van der Waals surface area contributed by atoms with E-state index in [2.05, 4.69) is 4.74 Å². The first kappa shape index (κ1) is 11.1. The summed E-state index contributed by atoms with van der Waals surface area (Å²) in [6.45, 7) is 2.00. The first-order valence-electron chi connectivity index (χ1n) is 5.07. The van der Waals surface area contributed by atoms with Crippen LogP contribution in [0.15, 0.2) is 30.3 Å². The molecule has 2 aromatic rings. The summed E-state index contributed by atoms with van der Waals surface area (Å²) in [6, 6.07) is 8.76. The van der Waals surface area contributed by atoms with Gasteiger partial charge in [0.25, 0.3) is 0 Å². The molecule has 0 aliphatic rings. The van der Waals surface area contributed by atoms with Crippen molar-refractivity contribution in [2.75, 3.05) is 5.73 Å². The number of carbonyl (C=O) groups excluding carboxylic acids is 2. The number of nitrogen functional groups attached to an aromatic ring is 1. The number of anilines is 1. The molecule has 17 heavy (non-hydrogen) atoms. The third kappa shape index (κ3) is 1.85. The van der Waals surface area contributed by atoms with Crippen LogP contribution < -0.4 is 5.73 Å². The highest BCUT2D eigenvalue weighted by atomic mass is 16.6. The zero-order chi connectivity index (χ0) is 12.4. The average molecular weight is 229 g/mol. The Bertz CT molecular complexity index is 605. The molecular weight excluding hydrogens is 218 g/mol. The normalized spacial score (nSPS) is 10.2. The molecule has 0 aromatic heterocycles. The Labute approximate surface area is 98.0 Å². The van der Waals surface area contributed by atoms with E-state index in [1.807, 2.05) is 19.1 Å². The fourth-order valence-electron chi connectivity index (χ4n) is 1.88. The maximum Gasteiger partial charge on any atom is 0.346 e. The fourth-order valence-corrected chi connectivity index (χ4v) is 1.88. The van der Waals surface area contributed by atoms with Crippen molar-refractivity contribution in [1.82, 2.24) is 0 Å². The Balaban J connectivity index is 2.76. The summed E-state index contributed by atoms with van der Waals surface area (Å²) in [5.74, 6) is -0.667. The lowest BCUT2D eigenvalue weighted by atomic mass is 9.99. The molecule has 0 aliphatic heterocycles. The standard InChI is InChI=1S/C13H11NO3/c1-8-5-6-11(14)9-3-2-4-10(12(8)9)13(16)17-7-15/h2-7H,14H2,1H3. The summed E-state index contributed by atoms with van der Waals surface area (Å²) in [4.78, 5) is 21.8. The van der Waals surface area contributed by atoms with Crippen molar-refractivity contribution >= 4 is 28.9 Å². The van der Waals surface area contributed by atoms with Gasteiger partial charge in [0.1, 0.15) is 0 Å². The lowest BCUT2D eigenvalue weighted by molar-refractivity contribution is -0.123. The molecule has 0 heterocycles. The number of ether oxygens (including phenoxy) is 1. The quantitative estimate of drug-likeness (QED) is 0.370. The zero-order valence-electron chi connectivity index (χ0n) is 9.27. The second-order valence-electron chi connectivity index (χ2n) is 3.70. The Morgan fingerprint density at radius 3 is 2.76 bits per heavy atom. The van der Waals surface area contributed by atoms with Crippen molar-refractivity contribution in [2.45, 2.75) is 6.92 Å². The van der Waals surface area contributed by atoms with Crippen LogP contribution >= 0.6 is 0 Å². The van der Waals surface area contributed by atoms with Crippen LogP contribution in [-0.4, -0.2) is 12.4 Å². The van der Waals surface area contributed by atoms with E-state index in [-0.39, 0.29) is 6.47 Å². The van der Waals surface area contributed by atoms with E-state index in [4.69, 9.17) is 5.73 Å². The smallest absolute Gasteiger partial charge is 0.346 e. The predicted molar refractivity (Wildman–Crippen MR) is 64.6 cm³/mol. The summed E-state index contributed by atoms with van der Waals surface area (Å²) in [5, 5.41) is 1.50. The molecule has 4 heteroatoms. The second-order valence-corrected chi connectivity index (χ2v) is 3.70. The van der Waals surface area contributed by atoms with Gasteiger partial charge in [0.2, 0.25) is 0 Å². The molecule has 0 unspecified atom stereocenters. The highest BCUT2D eigenvalue weighted by Crippen LogP contribution is 2.27. The van der Waals surface area contributed by atoms with E-state index >= 15 is 0 Å². The van der Waals surface area contributed by atoms with Crippen molar-refractivity contribution < 1.29 is 14.3 Å². The number of benzene rings is 2. The summed E-state index contributed by atoms with van der Waals surface area (Å²) in [5.41, 5.74) is 7.69. The van der Waals surface area contributed by atoms with Gasteiger partial charge in [0, 0.05) is 16.5 Å². The van der Waals surface area contributed by atoms with E-state index in [9.17, 15) is 9.59 Å². The van der Waals surface area contributed by atoms with Gasteiger partial charge in [0.05, 0.1) is 5.56 Å². The zero-order valence-corrected chi connectivity index (χ0v) is 9.27. The molecule has 0 aliphatic carbocycles. The molecule has 2 rings (SSSR count). The van der Waals surface area contributed by atoms with Crippen LogP contribution in [0.2, 0.25) is 0 Å². The molecule has 2 N–H and O–H groups in total. The largest absolute Gasteiger partial charge is 0.398 e. The predicted octanol–water partition coefficient (Wildman–Crippen LogP) is 2.04. The van der Waals surface area contributed by atoms with Gasteiger partial charge in [-0.1, -0.05) is 18.2 Å². The highest BCUT2D eigenvalue weighted by Gasteiger charge is 2.13. The average Bonchev–Trinajstić information content (AvgIpc) is 2.34. The van der Waals surface area contributed by atoms with Gasteiger partial charge in [-0.3, -0.25) is 4.79 Å². The van der Waals surface area contributed by atoms with Gasteiger partial charge in [-0.25, -0.2) is 4.79 Å². The fraction of sp³-hybridized carbons (Fsp3) is 0.0769. The second kappa shape index (κ2) is 4.25. The number of nitrogens with two attached hydrogens (primary N) is 1. The monoisotopic (exact) mass is 229 g/mol. The molecule has 0 amide bonds. The van der Waals surface area contributed by atoms with E-state index in [1.165, 1.54) is 0 Å². The number of hydrogen-bond donors (Lipinski definition) is 1. The molecule has 4 nitrogen and oxygen atoms in total. The number of aryl methyl sites for hydroxylation is 1. The minimum Gasteiger partial charge on any atom is -0.398 e. The molecule has 0 saturated carbocycles. The van der Waals surface area contributed by atoms with Gasteiger partial charge < -0.3 is 10.5 Å². The SMILES string of the molecule is Cc1ccc(N)c2cccc(C(=O)OC=O)c12. The Morgan fingerprint density at radius 2 is 2.06 bits per heavy atom. The van der Waals surface area contributed by atoms with Crippen molar-refractivity contribution in [3.63, 3.8) is 0 Å². The van der Waals surface area contributed by atoms with Crippen LogP contribution in [0.5, 0.6) is 0 Å². The molecule has 0 saturated heterocycles. The molecule has 0 fully saturated rings. The number of rotatable bonds is 2. The first-order valence-corrected chi connectivity index (χ1v) is 5.07. The van der Waals surface area contributed by atoms with Gasteiger partial charge in [-0.05, 0) is 24.6 Å². The van der Waals surface area contributed by atoms with Crippen LogP contribution in [0.1, 0.15) is 15.9 Å². The minimum absolute atomic E-state index is 0.128. The van der Waals surface area contributed by atoms with Crippen LogP contribution in [0.4, 0.5) is 5.69 Å². The van der Waals surface area contributed by atoms with Crippen LogP contribution in [0.3, 0.4) is 0 Å². The number of fused-ring (bicyclic) bond motifs is 1. The summed E-state index contributed by atoms with van der Waals surface area (Å²) in [6.07, 6.45) is 0. The van der Waals surface area contributed by atoms with Gasteiger partial charge >= 0.3 is 12.4 Å². The molecule has 0 radical (unpaired) electrons. The van der Waals surface area contributed by atoms with Crippen LogP contribution in [-0.2, 0) is 9.53 Å². The lowest BCUT2D eigenvalue weighted by Gasteiger charge is -2.09. The van der Waals surface area contributed by atoms with Crippen LogP contribution in [0, 0.1) is 6.92 Å². The van der Waals surface area contributed by atoms with Gasteiger partial charge in [-0.15, -0.1) is 0 Å². The van der Waals surface area contributed by atoms with Crippen LogP contribution in [0.25, 0.3) is 10.8 Å². The molecule has 86 valence electrons. The minimum atomic E-state index is -0.667.